The summed E-state index contributed by atoms with van der Waals surface area (Å²) in [6.07, 6.45) is 4.74. The zero-order chi connectivity index (χ0) is 8.44. The standard InChI is InChI=1S/C9H15BrO2/c10-4-2-8-1-3-9(7-8)11-5-6-12-9/h8H,1-7H2/t8-/m0/s1. The monoisotopic (exact) mass is 234 g/mol. The Hall–Kier alpha value is 0.400. The Labute approximate surface area is 81.7 Å². The van der Waals surface area contributed by atoms with E-state index >= 15 is 0 Å². The first-order valence-corrected chi connectivity index (χ1v) is 5.81. The van der Waals surface area contributed by atoms with Crippen LogP contribution in [0.15, 0.2) is 0 Å². The van der Waals surface area contributed by atoms with Crippen molar-refractivity contribution in [3.63, 3.8) is 0 Å². The largest absolute Gasteiger partial charge is 0.348 e. The minimum absolute atomic E-state index is 0.160. The number of hydrogen-bond acceptors (Lipinski definition) is 2. The Balaban J connectivity index is 1.88. The van der Waals surface area contributed by atoms with Gasteiger partial charge in [0.25, 0.3) is 0 Å². The van der Waals surface area contributed by atoms with E-state index in [4.69, 9.17) is 9.47 Å². The molecule has 1 atom stereocenters. The molecule has 0 unspecified atom stereocenters. The average molecular weight is 235 g/mol. The topological polar surface area (TPSA) is 18.5 Å². The van der Waals surface area contributed by atoms with Crippen molar-refractivity contribution in [3.8, 4) is 0 Å². The Morgan fingerprint density at radius 2 is 2.08 bits per heavy atom. The molecule has 1 saturated carbocycles. The number of ether oxygens (including phenoxy) is 2. The van der Waals surface area contributed by atoms with Crippen molar-refractivity contribution in [3.05, 3.63) is 0 Å². The van der Waals surface area contributed by atoms with Crippen molar-refractivity contribution < 1.29 is 9.47 Å². The molecule has 0 aromatic carbocycles. The fourth-order valence-electron chi connectivity index (χ4n) is 2.23. The molecule has 2 nitrogen and oxygen atoms in total. The quantitative estimate of drug-likeness (QED) is 0.684. The summed E-state index contributed by atoms with van der Waals surface area (Å²) in [7, 11) is 0. The molecule has 70 valence electrons. The zero-order valence-electron chi connectivity index (χ0n) is 7.22. The van der Waals surface area contributed by atoms with Crippen LogP contribution < -0.4 is 0 Å². The SMILES string of the molecule is BrCC[C@@H]1CCC2(C1)OCCO2. The molecule has 12 heavy (non-hydrogen) atoms. The normalized spacial score (nSPS) is 33.2. The Kier molecular flexibility index (Phi) is 2.72. The van der Waals surface area contributed by atoms with Gasteiger partial charge in [-0.2, -0.15) is 0 Å². The highest BCUT2D eigenvalue weighted by Crippen LogP contribution is 2.42. The highest BCUT2D eigenvalue weighted by atomic mass is 79.9. The van der Waals surface area contributed by atoms with Gasteiger partial charge in [0, 0.05) is 18.2 Å². The van der Waals surface area contributed by atoms with Crippen LogP contribution in [0.2, 0.25) is 0 Å². The second-order valence-corrected chi connectivity index (χ2v) is 4.49. The van der Waals surface area contributed by atoms with Crippen molar-refractivity contribution >= 4 is 15.9 Å². The van der Waals surface area contributed by atoms with E-state index in [9.17, 15) is 0 Å². The molecule has 0 amide bonds. The number of rotatable bonds is 2. The molecular formula is C9H15BrO2. The maximum Gasteiger partial charge on any atom is 0.168 e. The highest BCUT2D eigenvalue weighted by Gasteiger charge is 2.43. The van der Waals surface area contributed by atoms with Gasteiger partial charge in [-0.1, -0.05) is 15.9 Å². The molecule has 3 heteroatoms. The first-order valence-electron chi connectivity index (χ1n) is 4.68. The fraction of sp³-hybridized carbons (Fsp3) is 1.00. The summed E-state index contributed by atoms with van der Waals surface area (Å²) in [4.78, 5) is 0. The number of halogens is 1. The van der Waals surface area contributed by atoms with Gasteiger partial charge in [0.2, 0.25) is 0 Å². The molecule has 1 spiro atoms. The lowest BCUT2D eigenvalue weighted by Gasteiger charge is -2.21. The van der Waals surface area contributed by atoms with Crippen LogP contribution in [-0.4, -0.2) is 24.3 Å². The van der Waals surface area contributed by atoms with E-state index < -0.39 is 0 Å². The lowest BCUT2D eigenvalue weighted by Crippen LogP contribution is -2.25. The van der Waals surface area contributed by atoms with Crippen LogP contribution in [-0.2, 0) is 9.47 Å². The summed E-state index contributed by atoms with van der Waals surface area (Å²) in [5.74, 6) is 0.648. The second kappa shape index (κ2) is 3.64. The molecule has 0 N–H and O–H groups in total. The van der Waals surface area contributed by atoms with Gasteiger partial charge in [-0.05, 0) is 18.8 Å². The van der Waals surface area contributed by atoms with Gasteiger partial charge >= 0.3 is 0 Å². The maximum atomic E-state index is 5.64. The number of alkyl halides is 1. The molecule has 1 aliphatic carbocycles. The van der Waals surface area contributed by atoms with E-state index in [1.807, 2.05) is 0 Å². The van der Waals surface area contributed by atoms with E-state index in [0.717, 1.165) is 37.3 Å². The van der Waals surface area contributed by atoms with Gasteiger partial charge in [-0.3, -0.25) is 0 Å². The molecule has 0 aromatic rings. The summed E-state index contributed by atoms with van der Waals surface area (Å²) < 4.78 is 11.3. The Morgan fingerprint density at radius 3 is 2.75 bits per heavy atom. The fourth-order valence-corrected chi connectivity index (χ4v) is 2.88. The highest BCUT2D eigenvalue weighted by molar-refractivity contribution is 9.09. The first-order chi connectivity index (χ1) is 5.85. The predicted molar refractivity (Wildman–Crippen MR) is 50.4 cm³/mol. The van der Waals surface area contributed by atoms with Crippen LogP contribution in [0, 0.1) is 5.92 Å². The van der Waals surface area contributed by atoms with E-state index in [0.29, 0.717) is 0 Å². The second-order valence-electron chi connectivity index (χ2n) is 3.69. The molecular weight excluding hydrogens is 220 g/mol. The molecule has 2 rings (SSSR count). The lowest BCUT2D eigenvalue weighted by atomic mass is 10.1. The van der Waals surface area contributed by atoms with Gasteiger partial charge in [-0.15, -0.1) is 0 Å². The number of hydrogen-bond donors (Lipinski definition) is 0. The van der Waals surface area contributed by atoms with Crippen molar-refractivity contribution in [2.45, 2.75) is 31.5 Å². The average Bonchev–Trinajstić information content (AvgIpc) is 2.65. The van der Waals surface area contributed by atoms with Crippen LogP contribution >= 0.6 is 15.9 Å². The Morgan fingerprint density at radius 1 is 1.33 bits per heavy atom. The summed E-state index contributed by atoms with van der Waals surface area (Å²) in [5, 5.41) is 1.10. The van der Waals surface area contributed by atoms with Crippen molar-refractivity contribution in [2.24, 2.45) is 5.92 Å². The summed E-state index contributed by atoms with van der Waals surface area (Å²) in [5.41, 5.74) is 0. The third kappa shape index (κ3) is 1.68. The summed E-state index contributed by atoms with van der Waals surface area (Å²) >= 11 is 3.47. The van der Waals surface area contributed by atoms with Crippen LogP contribution in [0.3, 0.4) is 0 Å². The van der Waals surface area contributed by atoms with Gasteiger partial charge < -0.3 is 9.47 Å². The van der Waals surface area contributed by atoms with E-state index in [2.05, 4.69) is 15.9 Å². The molecule has 1 heterocycles. The van der Waals surface area contributed by atoms with Crippen LogP contribution in [0.4, 0.5) is 0 Å². The third-order valence-electron chi connectivity index (χ3n) is 2.86. The van der Waals surface area contributed by atoms with E-state index in [1.54, 1.807) is 0 Å². The van der Waals surface area contributed by atoms with Crippen molar-refractivity contribution in [2.75, 3.05) is 18.5 Å². The van der Waals surface area contributed by atoms with Gasteiger partial charge in [-0.25, -0.2) is 0 Å². The summed E-state index contributed by atoms with van der Waals surface area (Å²) in [6, 6.07) is 0. The van der Waals surface area contributed by atoms with Crippen LogP contribution in [0.5, 0.6) is 0 Å². The van der Waals surface area contributed by atoms with Crippen molar-refractivity contribution in [1.82, 2.24) is 0 Å². The minimum Gasteiger partial charge on any atom is -0.348 e. The Bertz CT molecular complexity index is 155. The molecule has 2 fully saturated rings. The van der Waals surface area contributed by atoms with Gasteiger partial charge in [0.15, 0.2) is 5.79 Å². The lowest BCUT2D eigenvalue weighted by molar-refractivity contribution is -0.152. The molecule has 0 aromatic heterocycles. The van der Waals surface area contributed by atoms with Gasteiger partial charge in [0.05, 0.1) is 13.2 Å². The summed E-state index contributed by atoms with van der Waals surface area (Å²) in [6.45, 7) is 1.59. The van der Waals surface area contributed by atoms with E-state index in [-0.39, 0.29) is 5.79 Å². The smallest absolute Gasteiger partial charge is 0.168 e. The molecule has 2 aliphatic rings. The zero-order valence-corrected chi connectivity index (χ0v) is 8.81. The third-order valence-corrected chi connectivity index (χ3v) is 3.32. The molecule has 0 radical (unpaired) electrons. The predicted octanol–water partition coefficient (Wildman–Crippen LogP) is 2.31. The van der Waals surface area contributed by atoms with Crippen molar-refractivity contribution in [1.29, 1.82) is 0 Å². The van der Waals surface area contributed by atoms with Gasteiger partial charge in [0.1, 0.15) is 0 Å². The van der Waals surface area contributed by atoms with Crippen LogP contribution in [0.1, 0.15) is 25.7 Å². The maximum absolute atomic E-state index is 5.64. The molecule has 1 saturated heterocycles. The van der Waals surface area contributed by atoms with Crippen LogP contribution in [0.25, 0.3) is 0 Å². The molecule has 0 bridgehead atoms. The first kappa shape index (κ1) is 8.97. The molecule has 1 aliphatic heterocycles. The van der Waals surface area contributed by atoms with E-state index in [1.165, 1.54) is 12.8 Å². The minimum atomic E-state index is -0.160.